The number of aromatic amines is 1. The van der Waals surface area contributed by atoms with Gasteiger partial charge in [0, 0.05) is 31.1 Å². The van der Waals surface area contributed by atoms with Crippen LogP contribution in [-0.2, 0) is 16.6 Å². The molecule has 1 saturated heterocycles. The molecule has 238 valence electrons. The number of aliphatic hydroxyl groups excluding tert-OH is 2. The fourth-order valence-electron chi connectivity index (χ4n) is 6.71. The molecule has 2 fully saturated rings. The van der Waals surface area contributed by atoms with Crippen molar-refractivity contribution >= 4 is 28.0 Å². The smallest absolute Gasteiger partial charge is 0.167 e. The highest BCUT2D eigenvalue weighted by atomic mass is 16.6. The fraction of sp³-hybridized carbons (Fsp3) is 0.636. The average Bonchev–Trinajstić information content (AvgIpc) is 3.62. The number of aryl methyl sites for hydroxylation is 1. The maximum atomic E-state index is 11.1. The zero-order chi connectivity index (χ0) is 31.3. The first-order valence-corrected chi connectivity index (χ1v) is 16.1. The van der Waals surface area contributed by atoms with Crippen LogP contribution in [0.15, 0.2) is 30.9 Å². The molecule has 4 unspecified atom stereocenters. The van der Waals surface area contributed by atoms with Crippen molar-refractivity contribution in [2.75, 3.05) is 11.9 Å². The molecule has 0 amide bonds. The van der Waals surface area contributed by atoms with Crippen molar-refractivity contribution in [2.24, 2.45) is 5.92 Å². The van der Waals surface area contributed by atoms with Crippen LogP contribution < -0.4 is 5.32 Å². The van der Waals surface area contributed by atoms with Crippen LogP contribution in [0.1, 0.15) is 85.3 Å². The van der Waals surface area contributed by atoms with Crippen molar-refractivity contribution in [2.45, 2.75) is 122 Å². The van der Waals surface area contributed by atoms with E-state index in [0.717, 1.165) is 42.5 Å². The molecule has 6 rings (SSSR count). The molecule has 44 heavy (non-hydrogen) atoms. The number of fused-ring (bicyclic) bond motifs is 2. The molecule has 1 aliphatic heterocycles. The van der Waals surface area contributed by atoms with Crippen LogP contribution in [0.3, 0.4) is 0 Å². The Morgan fingerprint density at radius 1 is 1.09 bits per heavy atom. The van der Waals surface area contributed by atoms with Gasteiger partial charge in [0.2, 0.25) is 0 Å². The number of hydrogen-bond donors (Lipinski definition) is 4. The third kappa shape index (κ3) is 6.07. The highest BCUT2D eigenvalue weighted by molar-refractivity contribution is 5.82. The van der Waals surface area contributed by atoms with Gasteiger partial charge in [-0.15, -0.1) is 0 Å². The number of imidazole rings is 2. The fourth-order valence-corrected chi connectivity index (χ4v) is 6.71. The Kier molecular flexibility index (Phi) is 8.42. The van der Waals surface area contributed by atoms with Crippen LogP contribution in [0, 0.1) is 5.92 Å². The Morgan fingerprint density at radius 2 is 1.86 bits per heavy atom. The van der Waals surface area contributed by atoms with Gasteiger partial charge in [0.05, 0.1) is 17.4 Å². The van der Waals surface area contributed by atoms with Gasteiger partial charge in [-0.1, -0.05) is 26.8 Å². The predicted molar refractivity (Wildman–Crippen MR) is 171 cm³/mol. The van der Waals surface area contributed by atoms with Crippen molar-refractivity contribution in [3.05, 3.63) is 42.2 Å². The minimum atomic E-state index is -1.10. The van der Waals surface area contributed by atoms with Crippen LogP contribution in [0.2, 0.25) is 0 Å². The van der Waals surface area contributed by atoms with E-state index in [2.05, 4.69) is 83.0 Å². The molecule has 2 aliphatic rings. The van der Waals surface area contributed by atoms with E-state index in [1.54, 1.807) is 10.9 Å². The monoisotopic (exact) mass is 604 g/mol. The topological polar surface area (TPSA) is 137 Å². The normalized spacial score (nSPS) is 26.0. The molecule has 3 aromatic heterocycles. The zero-order valence-electron chi connectivity index (χ0n) is 27.0. The standard InChI is InChI=1S/C33H48N8O3/c1-18(2)37-30-27-31(35-16-34-30)41(17-36-27)32-29(43)28(42)25(44-32)15-40(19(3)4)22-12-20(13-22)8-11-26-38-23-10-9-21(33(5,6)7)14-24(23)39-26/h9-10,14,16-20,22,25,28-29,32,42-43H,8,11-13,15H2,1-7H3,(H,38,39)(H,34,35,37). The summed E-state index contributed by atoms with van der Waals surface area (Å²) in [7, 11) is 0. The van der Waals surface area contributed by atoms with E-state index in [1.165, 1.54) is 11.9 Å². The van der Waals surface area contributed by atoms with Crippen molar-refractivity contribution in [3.63, 3.8) is 0 Å². The number of ether oxygens (including phenoxy) is 1. The number of aliphatic hydroxyl groups is 2. The van der Waals surface area contributed by atoms with Gasteiger partial charge in [0.25, 0.3) is 0 Å². The van der Waals surface area contributed by atoms with Gasteiger partial charge in [-0.05, 0) is 76.0 Å². The van der Waals surface area contributed by atoms with Crippen molar-refractivity contribution in [3.8, 4) is 0 Å². The molecule has 4 heterocycles. The molecule has 4 atom stereocenters. The third-order valence-electron chi connectivity index (χ3n) is 9.32. The van der Waals surface area contributed by atoms with Crippen LogP contribution >= 0.6 is 0 Å². The number of hydrogen-bond acceptors (Lipinski definition) is 9. The maximum Gasteiger partial charge on any atom is 0.167 e. The summed E-state index contributed by atoms with van der Waals surface area (Å²) in [5.74, 6) is 2.33. The highest BCUT2D eigenvalue weighted by Crippen LogP contribution is 2.38. The molecule has 0 radical (unpaired) electrons. The average molecular weight is 605 g/mol. The minimum Gasteiger partial charge on any atom is -0.387 e. The van der Waals surface area contributed by atoms with E-state index < -0.39 is 24.5 Å². The van der Waals surface area contributed by atoms with Crippen molar-refractivity contribution in [1.29, 1.82) is 0 Å². The summed E-state index contributed by atoms with van der Waals surface area (Å²) in [5, 5.41) is 25.4. The Labute approximate surface area is 259 Å². The summed E-state index contributed by atoms with van der Waals surface area (Å²) in [5.41, 5.74) is 4.73. The molecular formula is C33H48N8O3. The van der Waals surface area contributed by atoms with Gasteiger partial charge in [-0.3, -0.25) is 9.47 Å². The lowest BCUT2D eigenvalue weighted by molar-refractivity contribution is -0.0620. The Bertz CT molecular complexity index is 1580. The van der Waals surface area contributed by atoms with Crippen LogP contribution in [0.5, 0.6) is 0 Å². The molecule has 11 nitrogen and oxygen atoms in total. The molecule has 4 aromatic rings. The van der Waals surface area contributed by atoms with Crippen LogP contribution in [-0.4, -0.2) is 87.6 Å². The van der Waals surface area contributed by atoms with Crippen molar-refractivity contribution in [1.82, 2.24) is 34.4 Å². The van der Waals surface area contributed by atoms with E-state index in [-0.39, 0.29) is 17.5 Å². The highest BCUT2D eigenvalue weighted by Gasteiger charge is 2.46. The van der Waals surface area contributed by atoms with Gasteiger partial charge < -0.3 is 25.3 Å². The van der Waals surface area contributed by atoms with Gasteiger partial charge in [0.15, 0.2) is 23.2 Å². The third-order valence-corrected chi connectivity index (χ3v) is 9.32. The summed E-state index contributed by atoms with van der Waals surface area (Å²) in [6.07, 6.45) is 3.91. The minimum absolute atomic E-state index is 0.110. The zero-order valence-corrected chi connectivity index (χ0v) is 27.0. The quantitative estimate of drug-likeness (QED) is 0.205. The second-order valence-corrected chi connectivity index (χ2v) is 14.4. The first-order chi connectivity index (χ1) is 20.9. The Morgan fingerprint density at radius 3 is 2.57 bits per heavy atom. The molecule has 11 heteroatoms. The van der Waals surface area contributed by atoms with Crippen LogP contribution in [0.25, 0.3) is 22.2 Å². The number of H-pyrrole nitrogens is 1. The number of nitrogens with zero attached hydrogens (tertiary/aromatic N) is 6. The number of benzene rings is 1. The summed E-state index contributed by atoms with van der Waals surface area (Å²) in [6.45, 7) is 15.7. The largest absolute Gasteiger partial charge is 0.387 e. The number of rotatable bonds is 10. The molecule has 1 aliphatic carbocycles. The second-order valence-electron chi connectivity index (χ2n) is 14.4. The summed E-state index contributed by atoms with van der Waals surface area (Å²) in [6, 6.07) is 7.43. The molecular weight excluding hydrogens is 556 g/mol. The Hall–Kier alpha value is -3.12. The summed E-state index contributed by atoms with van der Waals surface area (Å²) >= 11 is 0. The van der Waals surface area contributed by atoms with E-state index >= 15 is 0 Å². The first-order valence-electron chi connectivity index (χ1n) is 16.1. The lowest BCUT2D eigenvalue weighted by atomic mass is 9.76. The number of anilines is 1. The van der Waals surface area contributed by atoms with E-state index in [0.29, 0.717) is 35.5 Å². The van der Waals surface area contributed by atoms with Crippen molar-refractivity contribution < 1.29 is 14.9 Å². The lowest BCUT2D eigenvalue weighted by Gasteiger charge is -2.46. The molecule has 1 aromatic carbocycles. The molecule has 0 spiro atoms. The SMILES string of the molecule is CC(C)Nc1ncnc2c1ncn2C1OC(CN(C(C)C)C2CC(CCc3nc4ccc(C(C)(C)C)cc4[nH]3)C2)C(O)C1O. The molecule has 1 saturated carbocycles. The van der Waals surface area contributed by atoms with Crippen LogP contribution in [0.4, 0.5) is 5.82 Å². The number of aromatic nitrogens is 6. The van der Waals surface area contributed by atoms with Gasteiger partial charge in [-0.2, -0.15) is 0 Å². The lowest BCUT2D eigenvalue weighted by Crippen LogP contribution is -2.52. The molecule has 0 bridgehead atoms. The maximum absolute atomic E-state index is 11.1. The Balaban J connectivity index is 1.06. The van der Waals surface area contributed by atoms with Gasteiger partial charge in [0.1, 0.15) is 30.5 Å². The summed E-state index contributed by atoms with van der Waals surface area (Å²) < 4.78 is 8.04. The summed E-state index contributed by atoms with van der Waals surface area (Å²) in [4.78, 5) is 24.1. The molecule has 4 N–H and O–H groups in total. The van der Waals surface area contributed by atoms with E-state index in [4.69, 9.17) is 9.72 Å². The second kappa shape index (κ2) is 12.0. The van der Waals surface area contributed by atoms with Gasteiger partial charge >= 0.3 is 0 Å². The van der Waals surface area contributed by atoms with E-state index in [9.17, 15) is 10.2 Å². The number of nitrogens with one attached hydrogen (secondary N) is 2. The first kappa shape index (κ1) is 30.9. The predicted octanol–water partition coefficient (Wildman–Crippen LogP) is 4.56. The van der Waals surface area contributed by atoms with E-state index in [1.807, 2.05) is 13.8 Å². The van der Waals surface area contributed by atoms with Gasteiger partial charge in [-0.25, -0.2) is 19.9 Å².